The summed E-state index contributed by atoms with van der Waals surface area (Å²) >= 11 is 1.50. The van der Waals surface area contributed by atoms with Crippen molar-refractivity contribution >= 4 is 27.5 Å². The second-order valence-electron chi connectivity index (χ2n) is 3.48. The van der Waals surface area contributed by atoms with Crippen molar-refractivity contribution in [3.63, 3.8) is 0 Å². The van der Waals surface area contributed by atoms with E-state index in [2.05, 4.69) is 4.72 Å². The number of ether oxygens (including phenoxy) is 2. The number of nitrogens with one attached hydrogen (secondary N) is 1. The summed E-state index contributed by atoms with van der Waals surface area (Å²) in [5.41, 5.74) is 0.496. The van der Waals surface area contributed by atoms with Gasteiger partial charge in [0, 0.05) is 11.8 Å². The molecule has 2 rings (SSSR count). The van der Waals surface area contributed by atoms with Gasteiger partial charge in [-0.3, -0.25) is 4.72 Å². The van der Waals surface area contributed by atoms with Crippen molar-refractivity contribution in [3.8, 4) is 11.5 Å². The zero-order valence-electron chi connectivity index (χ0n) is 9.30. The summed E-state index contributed by atoms with van der Waals surface area (Å²) < 4.78 is 36.2. The van der Waals surface area contributed by atoms with E-state index in [4.69, 9.17) is 9.47 Å². The van der Waals surface area contributed by atoms with Crippen LogP contribution in [0.2, 0.25) is 0 Å². The number of rotatable bonds is 5. The molecule has 0 atom stereocenters. The molecule has 1 aromatic carbocycles. The minimum absolute atomic E-state index is 0.0998. The van der Waals surface area contributed by atoms with Crippen molar-refractivity contribution in [2.24, 2.45) is 0 Å². The first kappa shape index (κ1) is 12.4. The molecule has 0 fully saturated rings. The molecule has 0 amide bonds. The number of anilines is 1. The number of hydrogen-bond donors (Lipinski definition) is 1. The third-order valence-electron chi connectivity index (χ3n) is 2.20. The first-order chi connectivity index (χ1) is 8.11. The van der Waals surface area contributed by atoms with Crippen molar-refractivity contribution < 1.29 is 17.9 Å². The molecule has 5 nitrogen and oxygen atoms in total. The Kier molecular flexibility index (Phi) is 3.68. The number of sulfonamides is 1. The third kappa shape index (κ3) is 3.19. The van der Waals surface area contributed by atoms with Crippen LogP contribution in [-0.2, 0) is 10.0 Å². The fourth-order valence-electron chi connectivity index (χ4n) is 1.38. The molecular formula is C10H13NO4S2. The zero-order valence-corrected chi connectivity index (χ0v) is 10.9. The molecular weight excluding hydrogens is 262 g/mol. The molecule has 0 bridgehead atoms. The molecule has 0 saturated heterocycles. The predicted molar refractivity (Wildman–Crippen MR) is 68.4 cm³/mol. The molecule has 0 aromatic heterocycles. The largest absolute Gasteiger partial charge is 0.454 e. The van der Waals surface area contributed by atoms with Crippen LogP contribution < -0.4 is 14.2 Å². The standard InChI is InChI=1S/C10H13NO4S2/c1-16-4-5-17(12,13)11-8-2-3-9-10(6-8)15-7-14-9/h2-3,6,11H,4-5,7H2,1H3. The van der Waals surface area contributed by atoms with Gasteiger partial charge in [0.2, 0.25) is 16.8 Å². The molecule has 1 aromatic rings. The van der Waals surface area contributed by atoms with Crippen LogP contribution in [0, 0.1) is 0 Å². The summed E-state index contributed by atoms with van der Waals surface area (Å²) in [6, 6.07) is 4.97. The second kappa shape index (κ2) is 5.05. The summed E-state index contributed by atoms with van der Waals surface area (Å²) in [7, 11) is -3.28. The van der Waals surface area contributed by atoms with Crippen molar-refractivity contribution in [1.29, 1.82) is 0 Å². The van der Waals surface area contributed by atoms with Gasteiger partial charge >= 0.3 is 0 Å². The maximum absolute atomic E-state index is 11.7. The van der Waals surface area contributed by atoms with E-state index in [0.29, 0.717) is 22.9 Å². The maximum Gasteiger partial charge on any atom is 0.233 e. The molecule has 94 valence electrons. The Labute approximate surface area is 105 Å². The highest BCUT2D eigenvalue weighted by Gasteiger charge is 2.15. The summed E-state index contributed by atoms with van der Waals surface area (Å²) in [4.78, 5) is 0. The topological polar surface area (TPSA) is 64.6 Å². The summed E-state index contributed by atoms with van der Waals surface area (Å²) in [5, 5.41) is 0. The minimum atomic E-state index is -3.28. The normalized spacial score (nSPS) is 13.7. The predicted octanol–water partition coefficient (Wildman–Crippen LogP) is 1.52. The molecule has 0 radical (unpaired) electrons. The Bertz CT molecular complexity index is 501. The summed E-state index contributed by atoms with van der Waals surface area (Å²) in [6.07, 6.45) is 1.87. The molecule has 1 aliphatic rings. The van der Waals surface area contributed by atoms with E-state index in [1.54, 1.807) is 18.2 Å². The van der Waals surface area contributed by atoms with Gasteiger partial charge in [0.25, 0.3) is 0 Å². The number of benzene rings is 1. The van der Waals surface area contributed by atoms with Crippen LogP contribution in [0.5, 0.6) is 11.5 Å². The zero-order chi connectivity index (χ0) is 12.3. The minimum Gasteiger partial charge on any atom is -0.454 e. The van der Waals surface area contributed by atoms with Crippen LogP contribution in [0.15, 0.2) is 18.2 Å². The maximum atomic E-state index is 11.7. The van der Waals surface area contributed by atoms with E-state index >= 15 is 0 Å². The van der Waals surface area contributed by atoms with Gasteiger partial charge < -0.3 is 9.47 Å². The Morgan fingerprint density at radius 2 is 2.12 bits per heavy atom. The quantitative estimate of drug-likeness (QED) is 0.882. The van der Waals surface area contributed by atoms with Gasteiger partial charge in [-0.1, -0.05) is 0 Å². The number of thioether (sulfide) groups is 1. The van der Waals surface area contributed by atoms with E-state index < -0.39 is 10.0 Å². The lowest BCUT2D eigenvalue weighted by Crippen LogP contribution is -2.17. The average Bonchev–Trinajstić information content (AvgIpc) is 2.73. The van der Waals surface area contributed by atoms with Crippen LogP contribution in [-0.4, -0.2) is 33.0 Å². The molecule has 17 heavy (non-hydrogen) atoms. The summed E-state index contributed by atoms with van der Waals surface area (Å²) in [5.74, 6) is 1.87. The average molecular weight is 275 g/mol. The monoisotopic (exact) mass is 275 g/mol. The van der Waals surface area contributed by atoms with E-state index in [9.17, 15) is 8.42 Å². The molecule has 0 unspecified atom stereocenters. The molecule has 0 spiro atoms. The first-order valence-corrected chi connectivity index (χ1v) is 8.04. The summed E-state index contributed by atoms with van der Waals surface area (Å²) in [6.45, 7) is 0.179. The van der Waals surface area contributed by atoms with Gasteiger partial charge in [-0.25, -0.2) is 8.42 Å². The van der Waals surface area contributed by atoms with Gasteiger partial charge in [0.05, 0.1) is 11.4 Å². The van der Waals surface area contributed by atoms with Crippen LogP contribution in [0.3, 0.4) is 0 Å². The van der Waals surface area contributed by atoms with E-state index in [1.807, 2.05) is 6.26 Å². The van der Waals surface area contributed by atoms with E-state index in [-0.39, 0.29) is 12.5 Å². The van der Waals surface area contributed by atoms with Crippen LogP contribution in [0.1, 0.15) is 0 Å². The van der Waals surface area contributed by atoms with Gasteiger partial charge in [-0.15, -0.1) is 0 Å². The highest BCUT2D eigenvalue weighted by atomic mass is 32.2. The number of fused-ring (bicyclic) bond motifs is 1. The Balaban J connectivity index is 2.09. The van der Waals surface area contributed by atoms with Crippen molar-refractivity contribution in [2.75, 3.05) is 29.3 Å². The van der Waals surface area contributed by atoms with Crippen molar-refractivity contribution in [3.05, 3.63) is 18.2 Å². The smallest absolute Gasteiger partial charge is 0.233 e. The second-order valence-corrected chi connectivity index (χ2v) is 6.31. The van der Waals surface area contributed by atoms with Crippen LogP contribution in [0.25, 0.3) is 0 Å². The molecule has 7 heteroatoms. The highest BCUT2D eigenvalue weighted by molar-refractivity contribution is 8.00. The SMILES string of the molecule is CSCCS(=O)(=O)Nc1ccc2c(c1)OCO2. The Morgan fingerprint density at radius 3 is 2.88 bits per heavy atom. The van der Waals surface area contributed by atoms with Crippen LogP contribution in [0.4, 0.5) is 5.69 Å². The van der Waals surface area contributed by atoms with Gasteiger partial charge in [0.1, 0.15) is 0 Å². The van der Waals surface area contributed by atoms with E-state index in [0.717, 1.165) is 0 Å². The molecule has 1 aliphatic heterocycles. The Hall–Kier alpha value is -1.08. The lowest BCUT2D eigenvalue weighted by Gasteiger charge is -2.07. The van der Waals surface area contributed by atoms with Gasteiger partial charge in [-0.2, -0.15) is 11.8 Å². The third-order valence-corrected chi connectivity index (χ3v) is 4.36. The molecule has 0 saturated carbocycles. The van der Waals surface area contributed by atoms with Crippen molar-refractivity contribution in [1.82, 2.24) is 0 Å². The van der Waals surface area contributed by atoms with Crippen LogP contribution >= 0.6 is 11.8 Å². The van der Waals surface area contributed by atoms with Gasteiger partial charge in [0.15, 0.2) is 11.5 Å². The highest BCUT2D eigenvalue weighted by Crippen LogP contribution is 2.34. The molecule has 1 N–H and O–H groups in total. The van der Waals surface area contributed by atoms with Gasteiger partial charge in [-0.05, 0) is 18.4 Å². The number of hydrogen-bond acceptors (Lipinski definition) is 5. The van der Waals surface area contributed by atoms with E-state index in [1.165, 1.54) is 11.8 Å². The molecule has 0 aliphatic carbocycles. The van der Waals surface area contributed by atoms with Crippen molar-refractivity contribution in [2.45, 2.75) is 0 Å². The lowest BCUT2D eigenvalue weighted by atomic mass is 10.3. The Morgan fingerprint density at radius 1 is 1.35 bits per heavy atom. The molecule has 1 heterocycles. The lowest BCUT2D eigenvalue weighted by molar-refractivity contribution is 0.174. The fourth-order valence-corrected chi connectivity index (χ4v) is 3.52. The first-order valence-electron chi connectivity index (χ1n) is 5.00. The fraction of sp³-hybridized carbons (Fsp3) is 0.400.